The number of H-pyrrole nitrogens is 1. The fraction of sp³-hybridized carbons (Fsp3) is 0. The number of aromatic amines is 1. The van der Waals surface area contributed by atoms with Gasteiger partial charge in [0.25, 0.3) is 0 Å². The van der Waals surface area contributed by atoms with Crippen molar-refractivity contribution in [1.29, 1.82) is 0 Å². The van der Waals surface area contributed by atoms with E-state index >= 15 is 0 Å². The first-order chi connectivity index (χ1) is 7.18. The quantitative estimate of drug-likeness (QED) is 0.737. The zero-order chi connectivity index (χ0) is 10.8. The highest BCUT2D eigenvalue weighted by Crippen LogP contribution is 2.20. The third-order valence-corrected chi connectivity index (χ3v) is 1.98. The Kier molecular flexibility index (Phi) is 2.21. The number of hydrogen-bond acceptors (Lipinski definition) is 2. The second kappa shape index (κ2) is 3.53. The molecule has 2 heterocycles. The van der Waals surface area contributed by atoms with E-state index < -0.39 is 11.9 Å². The number of rotatable bonds is 2. The molecule has 0 amide bonds. The molecule has 0 atom stereocenters. The van der Waals surface area contributed by atoms with Crippen LogP contribution in [-0.4, -0.2) is 21.0 Å². The largest absolute Gasteiger partial charge is 0.478 e. The van der Waals surface area contributed by atoms with E-state index in [0.29, 0.717) is 5.69 Å². The van der Waals surface area contributed by atoms with Gasteiger partial charge in [0, 0.05) is 12.4 Å². The fourth-order valence-electron chi connectivity index (χ4n) is 1.26. The zero-order valence-corrected chi connectivity index (χ0v) is 7.57. The maximum absolute atomic E-state index is 13.2. The first-order valence-corrected chi connectivity index (χ1v) is 4.21. The van der Waals surface area contributed by atoms with Gasteiger partial charge in [-0.1, -0.05) is 0 Å². The van der Waals surface area contributed by atoms with Gasteiger partial charge >= 0.3 is 5.97 Å². The van der Waals surface area contributed by atoms with Crippen LogP contribution in [0.15, 0.2) is 30.6 Å². The Morgan fingerprint density at radius 1 is 1.53 bits per heavy atom. The molecule has 0 aliphatic carbocycles. The molecule has 0 fully saturated rings. The predicted molar refractivity (Wildman–Crippen MR) is 50.9 cm³/mol. The van der Waals surface area contributed by atoms with Gasteiger partial charge in [-0.3, -0.25) is 0 Å². The van der Waals surface area contributed by atoms with Crippen LogP contribution in [0.5, 0.6) is 0 Å². The van der Waals surface area contributed by atoms with Crippen molar-refractivity contribution >= 4 is 5.97 Å². The molecule has 0 unspecified atom stereocenters. The van der Waals surface area contributed by atoms with Crippen LogP contribution in [0.4, 0.5) is 4.39 Å². The van der Waals surface area contributed by atoms with E-state index in [2.05, 4.69) is 9.97 Å². The number of carbonyl (C=O) groups is 1. The van der Waals surface area contributed by atoms with Crippen molar-refractivity contribution in [3.8, 4) is 11.3 Å². The minimum Gasteiger partial charge on any atom is -0.478 e. The number of pyridine rings is 1. The summed E-state index contributed by atoms with van der Waals surface area (Å²) in [5.74, 6) is -1.68. The van der Waals surface area contributed by atoms with E-state index in [-0.39, 0.29) is 11.1 Å². The molecular formula is C10H7FN2O2. The first kappa shape index (κ1) is 9.39. The molecule has 0 spiro atoms. The van der Waals surface area contributed by atoms with E-state index in [1.165, 1.54) is 24.5 Å². The van der Waals surface area contributed by atoms with Crippen LogP contribution >= 0.6 is 0 Å². The summed E-state index contributed by atoms with van der Waals surface area (Å²) in [4.78, 5) is 16.8. The van der Waals surface area contributed by atoms with Gasteiger partial charge in [0.2, 0.25) is 5.95 Å². The summed E-state index contributed by atoms with van der Waals surface area (Å²) in [5, 5.41) is 8.68. The van der Waals surface area contributed by atoms with Crippen molar-refractivity contribution in [2.75, 3.05) is 0 Å². The highest BCUT2D eigenvalue weighted by atomic mass is 19.1. The number of halogens is 1. The van der Waals surface area contributed by atoms with Gasteiger partial charge in [-0.05, 0) is 18.2 Å². The van der Waals surface area contributed by atoms with Gasteiger partial charge in [0.1, 0.15) is 0 Å². The van der Waals surface area contributed by atoms with Gasteiger partial charge in [-0.25, -0.2) is 9.78 Å². The van der Waals surface area contributed by atoms with Crippen molar-refractivity contribution < 1.29 is 14.3 Å². The molecule has 0 saturated heterocycles. The average Bonchev–Trinajstić information content (AvgIpc) is 2.67. The molecule has 2 N–H and O–H groups in total. The number of carboxylic acids is 1. The number of aromatic nitrogens is 2. The van der Waals surface area contributed by atoms with Crippen molar-refractivity contribution in [3.05, 3.63) is 42.1 Å². The standard InChI is InChI=1S/C10H7FN2O2/c11-9-7(2-1-3-12-9)8-4-6(5-13-8)10(14)15/h1-5,13H,(H,14,15). The molecule has 5 heteroatoms. The van der Waals surface area contributed by atoms with Crippen LogP contribution in [0, 0.1) is 5.95 Å². The lowest BCUT2D eigenvalue weighted by Crippen LogP contribution is -1.92. The minimum atomic E-state index is -1.05. The van der Waals surface area contributed by atoms with E-state index in [9.17, 15) is 9.18 Å². The second-order valence-electron chi connectivity index (χ2n) is 2.95. The Morgan fingerprint density at radius 3 is 2.93 bits per heavy atom. The monoisotopic (exact) mass is 206 g/mol. The highest BCUT2D eigenvalue weighted by molar-refractivity contribution is 5.89. The van der Waals surface area contributed by atoms with Crippen molar-refractivity contribution in [1.82, 2.24) is 9.97 Å². The number of aromatic carboxylic acids is 1. The lowest BCUT2D eigenvalue weighted by molar-refractivity contribution is 0.0697. The molecule has 2 rings (SSSR count). The lowest BCUT2D eigenvalue weighted by Gasteiger charge is -1.97. The molecule has 0 aliphatic heterocycles. The van der Waals surface area contributed by atoms with Crippen molar-refractivity contribution in [2.45, 2.75) is 0 Å². The second-order valence-corrected chi connectivity index (χ2v) is 2.95. The first-order valence-electron chi connectivity index (χ1n) is 4.21. The molecule has 0 radical (unpaired) electrons. The molecule has 0 aliphatic rings. The Bertz CT molecular complexity index is 508. The summed E-state index contributed by atoms with van der Waals surface area (Å²) in [6.45, 7) is 0. The number of carboxylic acid groups (broad SMARTS) is 1. The lowest BCUT2D eigenvalue weighted by atomic mass is 10.2. The third kappa shape index (κ3) is 1.71. The van der Waals surface area contributed by atoms with Gasteiger partial charge in [-0.2, -0.15) is 4.39 Å². The van der Waals surface area contributed by atoms with Crippen LogP contribution in [-0.2, 0) is 0 Å². The molecular weight excluding hydrogens is 199 g/mol. The molecule has 0 bridgehead atoms. The highest BCUT2D eigenvalue weighted by Gasteiger charge is 2.10. The van der Waals surface area contributed by atoms with Gasteiger partial charge in [0.15, 0.2) is 0 Å². The number of hydrogen-bond donors (Lipinski definition) is 2. The molecule has 0 aromatic carbocycles. The third-order valence-electron chi connectivity index (χ3n) is 1.98. The van der Waals surface area contributed by atoms with E-state index in [4.69, 9.17) is 5.11 Å². The summed E-state index contributed by atoms with van der Waals surface area (Å²) in [6.07, 6.45) is 2.64. The summed E-state index contributed by atoms with van der Waals surface area (Å²) in [6, 6.07) is 4.47. The van der Waals surface area contributed by atoms with Gasteiger partial charge in [-0.15, -0.1) is 0 Å². The molecule has 2 aromatic rings. The molecule has 4 nitrogen and oxygen atoms in total. The van der Waals surface area contributed by atoms with E-state index in [0.717, 1.165) is 0 Å². The molecule has 0 saturated carbocycles. The topological polar surface area (TPSA) is 66.0 Å². The van der Waals surface area contributed by atoms with Gasteiger partial charge < -0.3 is 10.1 Å². The zero-order valence-electron chi connectivity index (χ0n) is 7.57. The van der Waals surface area contributed by atoms with Crippen LogP contribution in [0.1, 0.15) is 10.4 Å². The smallest absolute Gasteiger partial charge is 0.337 e. The maximum atomic E-state index is 13.2. The van der Waals surface area contributed by atoms with Crippen LogP contribution in [0.2, 0.25) is 0 Å². The number of nitrogens with one attached hydrogen (secondary N) is 1. The summed E-state index contributed by atoms with van der Waals surface area (Å²) >= 11 is 0. The Labute approximate surface area is 84.4 Å². The van der Waals surface area contributed by atoms with Crippen LogP contribution < -0.4 is 0 Å². The van der Waals surface area contributed by atoms with Gasteiger partial charge in [0.05, 0.1) is 16.8 Å². The van der Waals surface area contributed by atoms with Crippen molar-refractivity contribution in [3.63, 3.8) is 0 Å². The van der Waals surface area contributed by atoms with Crippen molar-refractivity contribution in [2.24, 2.45) is 0 Å². The van der Waals surface area contributed by atoms with Crippen LogP contribution in [0.3, 0.4) is 0 Å². The molecule has 76 valence electrons. The summed E-state index contributed by atoms with van der Waals surface area (Å²) in [7, 11) is 0. The van der Waals surface area contributed by atoms with E-state index in [1.807, 2.05) is 0 Å². The average molecular weight is 206 g/mol. The SMILES string of the molecule is O=C(O)c1c[nH]c(-c2cccnc2F)c1. The van der Waals surface area contributed by atoms with E-state index in [1.54, 1.807) is 6.07 Å². The Morgan fingerprint density at radius 2 is 2.33 bits per heavy atom. The number of nitrogens with zero attached hydrogens (tertiary/aromatic N) is 1. The fourth-order valence-corrected chi connectivity index (χ4v) is 1.26. The minimum absolute atomic E-state index is 0.0910. The Balaban J connectivity index is 2.46. The predicted octanol–water partition coefficient (Wildman–Crippen LogP) is 1.91. The van der Waals surface area contributed by atoms with Crippen LogP contribution in [0.25, 0.3) is 11.3 Å². The summed E-state index contributed by atoms with van der Waals surface area (Å²) in [5.41, 5.74) is 0.747. The normalized spacial score (nSPS) is 10.2. The maximum Gasteiger partial charge on any atom is 0.337 e. The molecule has 2 aromatic heterocycles. The Hall–Kier alpha value is -2.17. The summed E-state index contributed by atoms with van der Waals surface area (Å²) < 4.78 is 13.2. The molecule has 15 heavy (non-hydrogen) atoms.